The number of ether oxygens (including phenoxy) is 1. The number of rotatable bonds is 3. The molecule has 1 aliphatic heterocycles. The Labute approximate surface area is 157 Å². The van der Waals surface area contributed by atoms with Crippen molar-refractivity contribution in [1.82, 2.24) is 24.1 Å². The summed E-state index contributed by atoms with van der Waals surface area (Å²) in [5.41, 5.74) is 5.22. The van der Waals surface area contributed by atoms with Gasteiger partial charge in [-0.05, 0) is 31.2 Å². The SMILES string of the molecule is C[C@@H]1COCCN1c1cc(-c2ccnn2C)n2ccc(-c3ccc[nH]3)c2n1. The molecule has 1 N–H and O–H groups in total. The number of nitrogens with zero attached hydrogens (tertiary/aromatic N) is 5. The lowest BCUT2D eigenvalue weighted by atomic mass is 10.2. The van der Waals surface area contributed by atoms with E-state index in [1.54, 1.807) is 0 Å². The third kappa shape index (κ3) is 2.62. The minimum Gasteiger partial charge on any atom is -0.377 e. The van der Waals surface area contributed by atoms with Gasteiger partial charge in [0.05, 0.1) is 30.6 Å². The van der Waals surface area contributed by atoms with E-state index in [0.717, 1.165) is 53.9 Å². The molecule has 1 atom stereocenters. The molecule has 1 saturated heterocycles. The molecule has 4 aromatic heterocycles. The van der Waals surface area contributed by atoms with Gasteiger partial charge in [-0.1, -0.05) is 0 Å². The molecule has 7 nitrogen and oxygen atoms in total. The molecule has 4 aromatic rings. The molecule has 1 fully saturated rings. The number of aromatic nitrogens is 5. The number of hydrogen-bond donors (Lipinski definition) is 1. The monoisotopic (exact) mass is 362 g/mol. The van der Waals surface area contributed by atoms with Crippen LogP contribution in [0, 0.1) is 0 Å². The van der Waals surface area contributed by atoms with Gasteiger partial charge in [-0.15, -0.1) is 0 Å². The number of morpholine rings is 1. The van der Waals surface area contributed by atoms with Crippen molar-refractivity contribution in [2.75, 3.05) is 24.7 Å². The molecular weight excluding hydrogens is 340 g/mol. The van der Waals surface area contributed by atoms with Crippen molar-refractivity contribution in [1.29, 1.82) is 0 Å². The number of H-pyrrole nitrogens is 1. The first-order valence-corrected chi connectivity index (χ1v) is 9.21. The topological polar surface area (TPSA) is 63.4 Å². The van der Waals surface area contributed by atoms with Gasteiger partial charge in [0, 0.05) is 49.5 Å². The standard InChI is InChI=1S/C20H22N6O/c1-14-13-27-11-10-25(14)19-12-18(17-5-8-22-24(17)2)26-9-6-15(20(26)23-19)16-4-3-7-21-16/h3-9,12,14,21H,10-11,13H2,1-2H3/t14-/m1/s1. The highest BCUT2D eigenvalue weighted by atomic mass is 16.5. The summed E-state index contributed by atoms with van der Waals surface area (Å²) in [7, 11) is 1.97. The van der Waals surface area contributed by atoms with E-state index >= 15 is 0 Å². The fraction of sp³-hybridized carbons (Fsp3) is 0.300. The number of aromatic amines is 1. The van der Waals surface area contributed by atoms with Crippen molar-refractivity contribution in [3.05, 3.63) is 48.9 Å². The van der Waals surface area contributed by atoms with Crippen LogP contribution in [0.2, 0.25) is 0 Å². The molecule has 27 heavy (non-hydrogen) atoms. The highest BCUT2D eigenvalue weighted by molar-refractivity contribution is 5.80. The van der Waals surface area contributed by atoms with Crippen molar-refractivity contribution in [3.63, 3.8) is 0 Å². The fourth-order valence-electron chi connectivity index (χ4n) is 3.81. The predicted octanol–water partition coefficient (Wildman–Crippen LogP) is 2.96. The molecule has 5 heterocycles. The van der Waals surface area contributed by atoms with Crippen molar-refractivity contribution < 1.29 is 4.74 Å². The minimum atomic E-state index is 0.289. The van der Waals surface area contributed by atoms with Gasteiger partial charge in [-0.25, -0.2) is 4.98 Å². The summed E-state index contributed by atoms with van der Waals surface area (Å²) in [6.45, 7) is 4.47. The van der Waals surface area contributed by atoms with Crippen LogP contribution in [0.3, 0.4) is 0 Å². The van der Waals surface area contributed by atoms with E-state index in [9.17, 15) is 0 Å². The zero-order valence-corrected chi connectivity index (χ0v) is 15.5. The highest BCUT2D eigenvalue weighted by Crippen LogP contribution is 2.31. The van der Waals surface area contributed by atoms with Crippen LogP contribution in [-0.2, 0) is 11.8 Å². The van der Waals surface area contributed by atoms with Gasteiger partial charge in [0.25, 0.3) is 0 Å². The Morgan fingerprint density at radius 3 is 2.89 bits per heavy atom. The van der Waals surface area contributed by atoms with Crippen molar-refractivity contribution in [2.45, 2.75) is 13.0 Å². The third-order valence-electron chi connectivity index (χ3n) is 5.24. The van der Waals surface area contributed by atoms with Crippen LogP contribution in [0.25, 0.3) is 28.3 Å². The largest absolute Gasteiger partial charge is 0.377 e. The van der Waals surface area contributed by atoms with E-state index in [-0.39, 0.29) is 6.04 Å². The molecule has 0 unspecified atom stereocenters. The smallest absolute Gasteiger partial charge is 0.149 e. The van der Waals surface area contributed by atoms with Crippen LogP contribution in [0.4, 0.5) is 5.82 Å². The summed E-state index contributed by atoms with van der Waals surface area (Å²) >= 11 is 0. The molecule has 5 rings (SSSR count). The van der Waals surface area contributed by atoms with Gasteiger partial charge in [0.2, 0.25) is 0 Å². The van der Waals surface area contributed by atoms with Crippen LogP contribution in [0.15, 0.2) is 48.9 Å². The quantitative estimate of drug-likeness (QED) is 0.609. The Kier molecular flexibility index (Phi) is 3.75. The summed E-state index contributed by atoms with van der Waals surface area (Å²) in [5, 5.41) is 4.36. The molecule has 0 spiro atoms. The molecular formula is C20H22N6O. The Balaban J connectivity index is 1.76. The van der Waals surface area contributed by atoms with E-state index in [4.69, 9.17) is 9.72 Å². The lowest BCUT2D eigenvalue weighted by Crippen LogP contribution is -2.44. The number of anilines is 1. The molecule has 0 aliphatic carbocycles. The van der Waals surface area contributed by atoms with Crippen molar-refractivity contribution in [3.8, 4) is 22.6 Å². The number of fused-ring (bicyclic) bond motifs is 1. The highest BCUT2D eigenvalue weighted by Gasteiger charge is 2.23. The van der Waals surface area contributed by atoms with Gasteiger partial charge in [0.15, 0.2) is 0 Å². The first kappa shape index (κ1) is 16.1. The summed E-state index contributed by atoms with van der Waals surface area (Å²) in [4.78, 5) is 10.7. The molecule has 0 amide bonds. The van der Waals surface area contributed by atoms with Crippen LogP contribution in [0.1, 0.15) is 6.92 Å². The van der Waals surface area contributed by atoms with Gasteiger partial charge in [-0.2, -0.15) is 5.10 Å². The maximum Gasteiger partial charge on any atom is 0.149 e. The van der Waals surface area contributed by atoms with Crippen molar-refractivity contribution in [2.24, 2.45) is 7.05 Å². The maximum atomic E-state index is 5.62. The van der Waals surface area contributed by atoms with Crippen LogP contribution < -0.4 is 4.90 Å². The average molecular weight is 362 g/mol. The zero-order valence-electron chi connectivity index (χ0n) is 15.5. The lowest BCUT2D eigenvalue weighted by Gasteiger charge is -2.34. The summed E-state index contributed by atoms with van der Waals surface area (Å²) in [5.74, 6) is 0.973. The third-order valence-corrected chi connectivity index (χ3v) is 5.24. The molecule has 0 aromatic carbocycles. The lowest BCUT2D eigenvalue weighted by molar-refractivity contribution is 0.0985. The van der Waals surface area contributed by atoms with Crippen LogP contribution in [0.5, 0.6) is 0 Å². The van der Waals surface area contributed by atoms with E-state index < -0.39 is 0 Å². The fourth-order valence-corrected chi connectivity index (χ4v) is 3.81. The molecule has 7 heteroatoms. The molecule has 0 saturated carbocycles. The number of nitrogens with one attached hydrogen (secondary N) is 1. The first-order chi connectivity index (χ1) is 13.2. The Morgan fingerprint density at radius 1 is 1.22 bits per heavy atom. The summed E-state index contributed by atoms with van der Waals surface area (Å²) in [6.07, 6.45) is 5.84. The van der Waals surface area contributed by atoms with Crippen LogP contribution in [-0.4, -0.2) is 49.9 Å². The number of aryl methyl sites for hydroxylation is 1. The Hall–Kier alpha value is -3.06. The van der Waals surface area contributed by atoms with Gasteiger partial charge in [-0.3, -0.25) is 9.08 Å². The van der Waals surface area contributed by atoms with Gasteiger partial charge < -0.3 is 14.6 Å². The van der Waals surface area contributed by atoms with E-state index in [2.05, 4.69) is 50.7 Å². The summed E-state index contributed by atoms with van der Waals surface area (Å²) in [6, 6.07) is 10.7. The second-order valence-corrected chi connectivity index (χ2v) is 6.96. The van der Waals surface area contributed by atoms with Crippen molar-refractivity contribution >= 4 is 11.5 Å². The average Bonchev–Trinajstić information content (AvgIpc) is 3.41. The molecule has 1 aliphatic rings. The van der Waals surface area contributed by atoms with E-state index in [0.29, 0.717) is 0 Å². The molecule has 0 radical (unpaired) electrons. The van der Waals surface area contributed by atoms with Gasteiger partial charge >= 0.3 is 0 Å². The second-order valence-electron chi connectivity index (χ2n) is 6.96. The molecule has 138 valence electrons. The zero-order chi connectivity index (χ0) is 18.4. The van der Waals surface area contributed by atoms with Crippen LogP contribution >= 0.6 is 0 Å². The minimum absolute atomic E-state index is 0.289. The van der Waals surface area contributed by atoms with Gasteiger partial charge in [0.1, 0.15) is 11.5 Å². The second kappa shape index (κ2) is 6.28. The maximum absolute atomic E-state index is 5.62. The Morgan fingerprint density at radius 2 is 2.15 bits per heavy atom. The summed E-state index contributed by atoms with van der Waals surface area (Å²) < 4.78 is 9.66. The first-order valence-electron chi connectivity index (χ1n) is 9.21. The molecule has 0 bridgehead atoms. The normalized spacial score (nSPS) is 17.7. The van der Waals surface area contributed by atoms with E-state index in [1.807, 2.05) is 36.3 Å². The number of hydrogen-bond acceptors (Lipinski definition) is 4. The Bertz CT molecular complexity index is 1080. The predicted molar refractivity (Wildman–Crippen MR) is 105 cm³/mol. The van der Waals surface area contributed by atoms with E-state index in [1.165, 1.54) is 0 Å².